The van der Waals surface area contributed by atoms with Crippen molar-refractivity contribution in [2.75, 3.05) is 19.3 Å². The number of thioether (sulfide) groups is 1. The van der Waals surface area contributed by atoms with E-state index in [1.165, 1.54) is 0 Å². The Hall–Kier alpha value is -0.990. The van der Waals surface area contributed by atoms with E-state index >= 15 is 0 Å². The fourth-order valence-electron chi connectivity index (χ4n) is 2.24. The van der Waals surface area contributed by atoms with Crippen molar-refractivity contribution in [2.45, 2.75) is 17.6 Å². The number of halogens is 1. The molecule has 0 radical (unpaired) electrons. The highest BCUT2D eigenvalue weighted by molar-refractivity contribution is 9.10. The molecule has 2 rings (SSSR count). The fourth-order valence-corrected chi connectivity index (χ4v) is 3.37. The van der Waals surface area contributed by atoms with E-state index < -0.39 is 0 Å². The SMILES string of the molecule is CSC1(C#N)CCN(C(=O)c2ccccc2Br)CC1. The van der Waals surface area contributed by atoms with E-state index in [9.17, 15) is 10.1 Å². The number of piperidine rings is 1. The predicted octanol–water partition coefficient (Wildman–Crippen LogP) is 3.31. The molecule has 19 heavy (non-hydrogen) atoms. The minimum atomic E-state index is -0.315. The number of nitrogens with zero attached hydrogens (tertiary/aromatic N) is 2. The summed E-state index contributed by atoms with van der Waals surface area (Å²) in [5, 5.41) is 9.25. The molecule has 1 aromatic rings. The normalized spacial score (nSPS) is 17.8. The van der Waals surface area contributed by atoms with Crippen molar-refractivity contribution in [3.8, 4) is 6.07 Å². The number of rotatable bonds is 2. The van der Waals surface area contributed by atoms with Gasteiger partial charge in [0, 0.05) is 17.6 Å². The second-order valence-electron chi connectivity index (χ2n) is 4.58. The summed E-state index contributed by atoms with van der Waals surface area (Å²) in [7, 11) is 0. The van der Waals surface area contributed by atoms with Crippen molar-refractivity contribution in [3.63, 3.8) is 0 Å². The summed E-state index contributed by atoms with van der Waals surface area (Å²) in [6.45, 7) is 1.29. The van der Waals surface area contributed by atoms with Gasteiger partial charge >= 0.3 is 0 Å². The first-order chi connectivity index (χ1) is 9.12. The Morgan fingerprint density at radius 1 is 1.42 bits per heavy atom. The van der Waals surface area contributed by atoms with Gasteiger partial charge in [0.25, 0.3) is 5.91 Å². The van der Waals surface area contributed by atoms with E-state index in [0.717, 1.165) is 17.3 Å². The van der Waals surface area contributed by atoms with Crippen molar-refractivity contribution in [2.24, 2.45) is 0 Å². The minimum absolute atomic E-state index is 0.0418. The van der Waals surface area contributed by atoms with E-state index in [1.54, 1.807) is 11.8 Å². The summed E-state index contributed by atoms with van der Waals surface area (Å²) in [4.78, 5) is 14.3. The van der Waals surface area contributed by atoms with Crippen molar-refractivity contribution < 1.29 is 4.79 Å². The highest BCUT2D eigenvalue weighted by Gasteiger charge is 2.35. The molecule has 0 saturated carbocycles. The van der Waals surface area contributed by atoms with E-state index in [4.69, 9.17) is 0 Å². The van der Waals surface area contributed by atoms with Crippen molar-refractivity contribution in [3.05, 3.63) is 34.3 Å². The van der Waals surface area contributed by atoms with Gasteiger partial charge in [-0.15, -0.1) is 11.8 Å². The van der Waals surface area contributed by atoms with Gasteiger partial charge in [-0.25, -0.2) is 0 Å². The van der Waals surface area contributed by atoms with Crippen molar-refractivity contribution in [1.82, 2.24) is 4.90 Å². The topological polar surface area (TPSA) is 44.1 Å². The molecule has 0 aliphatic carbocycles. The number of hydrogen-bond acceptors (Lipinski definition) is 3. The lowest BCUT2D eigenvalue weighted by Gasteiger charge is -2.36. The largest absolute Gasteiger partial charge is 0.338 e. The first kappa shape index (κ1) is 14.4. The number of carbonyl (C=O) groups is 1. The van der Waals surface area contributed by atoms with Crippen LogP contribution in [0.15, 0.2) is 28.7 Å². The summed E-state index contributed by atoms with van der Waals surface area (Å²) in [6.07, 6.45) is 3.44. The Kier molecular flexibility index (Phi) is 4.54. The number of likely N-dealkylation sites (tertiary alicyclic amines) is 1. The van der Waals surface area contributed by atoms with Gasteiger partial charge in [0.1, 0.15) is 4.75 Å². The van der Waals surface area contributed by atoms with Gasteiger partial charge in [0.15, 0.2) is 0 Å². The maximum atomic E-state index is 12.4. The molecule has 1 fully saturated rings. The molecule has 0 unspecified atom stereocenters. The number of benzene rings is 1. The highest BCUT2D eigenvalue weighted by Crippen LogP contribution is 2.34. The molecule has 5 heteroatoms. The molecule has 0 aromatic heterocycles. The molecule has 1 amide bonds. The van der Waals surface area contributed by atoms with E-state index in [1.807, 2.05) is 35.4 Å². The first-order valence-corrected chi connectivity index (χ1v) is 8.14. The molecular weight excluding hydrogens is 324 g/mol. The second-order valence-corrected chi connectivity index (χ2v) is 6.63. The second kappa shape index (κ2) is 5.98. The third kappa shape index (κ3) is 2.96. The maximum absolute atomic E-state index is 12.4. The van der Waals surface area contributed by atoms with Gasteiger partial charge in [-0.2, -0.15) is 5.26 Å². The third-order valence-corrected chi connectivity index (χ3v) is 5.53. The van der Waals surface area contributed by atoms with Crippen molar-refractivity contribution in [1.29, 1.82) is 5.26 Å². The molecular formula is C14H15BrN2OS. The molecule has 0 N–H and O–H groups in total. The summed E-state index contributed by atoms with van der Waals surface area (Å²) < 4.78 is 0.507. The summed E-state index contributed by atoms with van der Waals surface area (Å²) in [5.74, 6) is 0.0418. The van der Waals surface area contributed by atoms with Gasteiger partial charge in [0.05, 0.1) is 11.6 Å². The van der Waals surface area contributed by atoms with Crippen LogP contribution in [-0.4, -0.2) is 34.9 Å². The van der Waals surface area contributed by atoms with E-state index in [2.05, 4.69) is 22.0 Å². The molecule has 1 aromatic carbocycles. The number of nitriles is 1. The molecule has 1 aliphatic rings. The highest BCUT2D eigenvalue weighted by atomic mass is 79.9. The van der Waals surface area contributed by atoms with Crippen LogP contribution in [0, 0.1) is 11.3 Å². The number of amides is 1. The average Bonchev–Trinajstić information content (AvgIpc) is 2.47. The summed E-state index contributed by atoms with van der Waals surface area (Å²) >= 11 is 5.01. The van der Waals surface area contributed by atoms with E-state index in [0.29, 0.717) is 18.7 Å². The van der Waals surface area contributed by atoms with Gasteiger partial charge in [-0.3, -0.25) is 4.79 Å². The van der Waals surface area contributed by atoms with Gasteiger partial charge in [-0.05, 0) is 47.2 Å². The van der Waals surface area contributed by atoms with Crippen LogP contribution in [0.1, 0.15) is 23.2 Å². The van der Waals surface area contributed by atoms with Crippen LogP contribution >= 0.6 is 27.7 Å². The van der Waals surface area contributed by atoms with Crippen LogP contribution in [0.25, 0.3) is 0 Å². The van der Waals surface area contributed by atoms with Crippen LogP contribution < -0.4 is 0 Å². The monoisotopic (exact) mass is 338 g/mol. The van der Waals surface area contributed by atoms with Crippen LogP contribution in [0.2, 0.25) is 0 Å². The molecule has 1 saturated heterocycles. The van der Waals surface area contributed by atoms with Gasteiger partial charge in [0.2, 0.25) is 0 Å². The third-order valence-electron chi connectivity index (χ3n) is 3.56. The lowest BCUT2D eigenvalue weighted by molar-refractivity contribution is 0.0715. The first-order valence-electron chi connectivity index (χ1n) is 6.12. The van der Waals surface area contributed by atoms with Crippen LogP contribution in [-0.2, 0) is 0 Å². The van der Waals surface area contributed by atoms with Crippen LogP contribution in [0.3, 0.4) is 0 Å². The molecule has 0 bridgehead atoms. The molecule has 0 atom stereocenters. The molecule has 0 spiro atoms. The molecule has 1 aliphatic heterocycles. The quantitative estimate of drug-likeness (QED) is 0.830. The van der Waals surface area contributed by atoms with Gasteiger partial charge < -0.3 is 4.90 Å². The molecule has 3 nitrogen and oxygen atoms in total. The van der Waals surface area contributed by atoms with E-state index in [-0.39, 0.29) is 10.7 Å². The van der Waals surface area contributed by atoms with Crippen LogP contribution in [0.5, 0.6) is 0 Å². The molecule has 100 valence electrons. The smallest absolute Gasteiger partial charge is 0.254 e. The lowest BCUT2D eigenvalue weighted by atomic mass is 9.96. The minimum Gasteiger partial charge on any atom is -0.338 e. The Bertz CT molecular complexity index is 518. The standard InChI is InChI=1S/C14H15BrN2OS/c1-19-14(10-16)6-8-17(9-7-14)13(18)11-4-2-3-5-12(11)15/h2-5H,6-9H2,1H3. The Morgan fingerprint density at radius 2 is 2.05 bits per heavy atom. The summed E-state index contributed by atoms with van der Waals surface area (Å²) in [6, 6.07) is 9.85. The molecule has 1 heterocycles. The Labute approximate surface area is 126 Å². The Balaban J connectivity index is 2.09. The number of hydrogen-bond donors (Lipinski definition) is 0. The summed E-state index contributed by atoms with van der Waals surface area (Å²) in [5.41, 5.74) is 0.691. The lowest BCUT2D eigenvalue weighted by Crippen LogP contribution is -2.44. The zero-order valence-electron chi connectivity index (χ0n) is 10.7. The number of carbonyl (C=O) groups excluding carboxylic acids is 1. The van der Waals surface area contributed by atoms with Crippen molar-refractivity contribution >= 4 is 33.6 Å². The van der Waals surface area contributed by atoms with Gasteiger partial charge in [-0.1, -0.05) is 12.1 Å². The maximum Gasteiger partial charge on any atom is 0.254 e. The predicted molar refractivity (Wildman–Crippen MR) is 81.1 cm³/mol. The Morgan fingerprint density at radius 3 is 2.58 bits per heavy atom. The zero-order valence-corrected chi connectivity index (χ0v) is 13.1. The van der Waals surface area contributed by atoms with Crippen LogP contribution in [0.4, 0.5) is 0 Å². The zero-order chi connectivity index (χ0) is 13.9. The average molecular weight is 339 g/mol. The fraction of sp³-hybridized carbons (Fsp3) is 0.429.